The van der Waals surface area contributed by atoms with Crippen molar-refractivity contribution in [2.75, 3.05) is 13.6 Å². The third-order valence-corrected chi connectivity index (χ3v) is 5.00. The summed E-state index contributed by atoms with van der Waals surface area (Å²) in [5.74, 6) is -1.79. The minimum Gasteiger partial charge on any atom is -0.315 e. The van der Waals surface area contributed by atoms with E-state index in [9.17, 15) is 17.2 Å². The van der Waals surface area contributed by atoms with E-state index in [-0.39, 0.29) is 24.1 Å². The fourth-order valence-electron chi connectivity index (χ4n) is 1.86. The molecule has 0 aromatic heterocycles. The van der Waals surface area contributed by atoms with Crippen LogP contribution in [0.25, 0.3) is 0 Å². The van der Waals surface area contributed by atoms with E-state index in [1.807, 2.05) is 6.92 Å². The first-order valence-corrected chi connectivity index (χ1v) is 7.88. The molecule has 1 aliphatic carbocycles. The van der Waals surface area contributed by atoms with Crippen LogP contribution in [0.15, 0.2) is 17.0 Å². The number of hydrogen-bond donors (Lipinski definition) is 2. The number of hydrogen-bond acceptors (Lipinski definition) is 3. The number of rotatable bonds is 6. The zero-order valence-electron chi connectivity index (χ0n) is 11.5. The summed E-state index contributed by atoms with van der Waals surface area (Å²) in [6, 6.07) is 1.94. The molecule has 0 aliphatic heterocycles. The lowest BCUT2D eigenvalue weighted by Crippen LogP contribution is -2.30. The molecule has 0 bridgehead atoms. The zero-order chi connectivity index (χ0) is 15.0. The van der Waals surface area contributed by atoms with E-state index < -0.39 is 26.6 Å². The van der Waals surface area contributed by atoms with E-state index in [0.717, 1.165) is 25.0 Å². The van der Waals surface area contributed by atoms with Gasteiger partial charge in [0.2, 0.25) is 10.0 Å². The van der Waals surface area contributed by atoms with Crippen LogP contribution in [0.5, 0.6) is 0 Å². The maximum absolute atomic E-state index is 14.2. The highest BCUT2D eigenvalue weighted by Crippen LogP contribution is 2.44. The average Bonchev–Trinajstić information content (AvgIpc) is 3.11. The highest BCUT2D eigenvalue weighted by atomic mass is 32.2. The molecule has 1 aliphatic rings. The van der Waals surface area contributed by atoms with Crippen LogP contribution in [0, 0.1) is 17.0 Å². The van der Waals surface area contributed by atoms with Gasteiger partial charge in [0.15, 0.2) is 5.82 Å². The van der Waals surface area contributed by atoms with Crippen LogP contribution in [0.3, 0.4) is 0 Å². The third-order valence-electron chi connectivity index (χ3n) is 3.59. The third kappa shape index (κ3) is 3.16. The van der Waals surface area contributed by atoms with Gasteiger partial charge in [0, 0.05) is 18.7 Å². The van der Waals surface area contributed by atoms with Crippen LogP contribution in [-0.2, 0) is 16.6 Å². The Bertz CT molecular complexity index is 613. The Balaban J connectivity index is 2.28. The first kappa shape index (κ1) is 15.3. The molecule has 0 amide bonds. The number of nitrogens with one attached hydrogen (secondary N) is 2. The Kier molecular flexibility index (Phi) is 4.13. The van der Waals surface area contributed by atoms with Gasteiger partial charge >= 0.3 is 0 Å². The van der Waals surface area contributed by atoms with E-state index in [1.54, 1.807) is 0 Å². The maximum Gasteiger partial charge on any atom is 0.243 e. The van der Waals surface area contributed by atoms with Crippen molar-refractivity contribution in [1.82, 2.24) is 10.0 Å². The van der Waals surface area contributed by atoms with E-state index in [2.05, 4.69) is 10.0 Å². The molecule has 7 heteroatoms. The first-order chi connectivity index (χ1) is 9.29. The molecule has 112 valence electrons. The highest BCUT2D eigenvalue weighted by molar-refractivity contribution is 7.89. The molecule has 1 aromatic rings. The van der Waals surface area contributed by atoms with Crippen LogP contribution in [0.2, 0.25) is 0 Å². The fourth-order valence-corrected chi connectivity index (χ4v) is 3.16. The predicted molar refractivity (Wildman–Crippen MR) is 71.7 cm³/mol. The van der Waals surface area contributed by atoms with Crippen LogP contribution in [-0.4, -0.2) is 22.0 Å². The minimum atomic E-state index is -3.96. The lowest BCUT2D eigenvalue weighted by molar-refractivity contribution is 0.507. The van der Waals surface area contributed by atoms with Crippen LogP contribution in [0.1, 0.15) is 25.3 Å². The molecular weight excluding hydrogens is 286 g/mol. The Labute approximate surface area is 117 Å². The average molecular weight is 304 g/mol. The van der Waals surface area contributed by atoms with Gasteiger partial charge in [-0.15, -0.1) is 0 Å². The normalized spacial score (nSPS) is 17.2. The van der Waals surface area contributed by atoms with Crippen LogP contribution >= 0.6 is 0 Å². The Morgan fingerprint density at radius 2 is 1.95 bits per heavy atom. The summed E-state index contributed by atoms with van der Waals surface area (Å²) in [5, 5.41) is 2.62. The van der Waals surface area contributed by atoms with Gasteiger partial charge in [0.05, 0.1) is 0 Å². The molecule has 0 spiro atoms. The second kappa shape index (κ2) is 5.38. The largest absolute Gasteiger partial charge is 0.315 e. The second-order valence-electron chi connectivity index (χ2n) is 5.50. The van der Waals surface area contributed by atoms with Gasteiger partial charge in [0.1, 0.15) is 10.7 Å². The monoisotopic (exact) mass is 304 g/mol. The number of sulfonamides is 1. The Morgan fingerprint density at radius 1 is 1.30 bits per heavy atom. The van der Waals surface area contributed by atoms with Crippen molar-refractivity contribution in [3.05, 3.63) is 29.3 Å². The highest BCUT2D eigenvalue weighted by Gasteiger charge is 2.38. The van der Waals surface area contributed by atoms with Crippen molar-refractivity contribution < 1.29 is 17.2 Å². The molecule has 1 fully saturated rings. The van der Waals surface area contributed by atoms with E-state index >= 15 is 0 Å². The topological polar surface area (TPSA) is 58.2 Å². The van der Waals surface area contributed by atoms with Gasteiger partial charge in [0.25, 0.3) is 0 Å². The number of halogens is 2. The molecule has 20 heavy (non-hydrogen) atoms. The molecule has 1 saturated carbocycles. The summed E-state index contributed by atoms with van der Waals surface area (Å²) in [7, 11) is -2.43. The molecule has 0 saturated heterocycles. The van der Waals surface area contributed by atoms with Gasteiger partial charge in [-0.05, 0) is 37.4 Å². The fraction of sp³-hybridized carbons (Fsp3) is 0.538. The molecule has 4 nitrogen and oxygen atoms in total. The maximum atomic E-state index is 14.2. The molecule has 0 heterocycles. The van der Waals surface area contributed by atoms with Crippen molar-refractivity contribution in [3.63, 3.8) is 0 Å². The summed E-state index contributed by atoms with van der Waals surface area (Å²) in [4.78, 5) is -0.506. The standard InChI is InChI=1S/C13H18F2N2O2S/c1-13(5-6-13)8-17-20(18,19)11-4-3-10(14)9(7-16-2)12(11)15/h3-4,16-17H,5-8H2,1-2H3. The quantitative estimate of drug-likeness (QED) is 0.842. The summed E-state index contributed by atoms with van der Waals surface area (Å²) in [6.07, 6.45) is 1.90. The van der Waals surface area contributed by atoms with E-state index in [1.165, 1.54) is 7.05 Å². The van der Waals surface area contributed by atoms with E-state index in [0.29, 0.717) is 0 Å². The molecular formula is C13H18F2N2O2S. The molecule has 1 aromatic carbocycles. The van der Waals surface area contributed by atoms with Crippen molar-refractivity contribution >= 4 is 10.0 Å². The second-order valence-corrected chi connectivity index (χ2v) is 7.24. The molecule has 2 rings (SSSR count). The van der Waals surface area contributed by atoms with Gasteiger partial charge < -0.3 is 5.32 Å². The summed E-state index contributed by atoms with van der Waals surface area (Å²) in [5.41, 5.74) is -0.301. The Hall–Kier alpha value is -1.05. The zero-order valence-corrected chi connectivity index (χ0v) is 12.3. The van der Waals surface area contributed by atoms with Crippen LogP contribution in [0.4, 0.5) is 8.78 Å². The van der Waals surface area contributed by atoms with Gasteiger partial charge in [-0.25, -0.2) is 21.9 Å². The lowest BCUT2D eigenvalue weighted by atomic mass is 10.2. The van der Waals surface area contributed by atoms with Crippen molar-refractivity contribution in [3.8, 4) is 0 Å². The van der Waals surface area contributed by atoms with Crippen LogP contribution < -0.4 is 10.0 Å². The number of benzene rings is 1. The summed E-state index contributed by atoms with van der Waals surface area (Å²) < 4.78 is 54.2. The Morgan fingerprint density at radius 3 is 2.50 bits per heavy atom. The summed E-state index contributed by atoms with van der Waals surface area (Å²) >= 11 is 0. The van der Waals surface area contributed by atoms with E-state index in [4.69, 9.17) is 0 Å². The molecule has 2 N–H and O–H groups in total. The van der Waals surface area contributed by atoms with Gasteiger partial charge in [-0.1, -0.05) is 6.92 Å². The molecule has 0 radical (unpaired) electrons. The van der Waals surface area contributed by atoms with Gasteiger partial charge in [-0.3, -0.25) is 0 Å². The molecule has 0 unspecified atom stereocenters. The van der Waals surface area contributed by atoms with Crippen molar-refractivity contribution in [1.29, 1.82) is 0 Å². The van der Waals surface area contributed by atoms with Crippen molar-refractivity contribution in [2.45, 2.75) is 31.2 Å². The minimum absolute atomic E-state index is 0.0304. The molecule has 0 atom stereocenters. The summed E-state index contributed by atoms with van der Waals surface area (Å²) in [6.45, 7) is 2.16. The lowest BCUT2D eigenvalue weighted by Gasteiger charge is -2.13. The van der Waals surface area contributed by atoms with Crippen molar-refractivity contribution in [2.24, 2.45) is 5.41 Å². The smallest absolute Gasteiger partial charge is 0.243 e. The predicted octanol–water partition coefficient (Wildman–Crippen LogP) is 1.76. The SMILES string of the molecule is CNCc1c(F)ccc(S(=O)(=O)NCC2(C)CC2)c1F. The van der Waals surface area contributed by atoms with Gasteiger partial charge in [-0.2, -0.15) is 0 Å². The first-order valence-electron chi connectivity index (χ1n) is 6.40.